The predicted octanol–water partition coefficient (Wildman–Crippen LogP) is 1.41. The number of aliphatic hydroxyl groups is 6. The Labute approximate surface area is 619 Å². The van der Waals surface area contributed by atoms with Crippen molar-refractivity contribution >= 4 is 76.6 Å². The van der Waals surface area contributed by atoms with Crippen LogP contribution in [0.3, 0.4) is 0 Å². The molecule has 7 heterocycles. The van der Waals surface area contributed by atoms with Crippen molar-refractivity contribution < 1.29 is 127 Å². The van der Waals surface area contributed by atoms with E-state index >= 15 is 14.4 Å². The highest BCUT2D eigenvalue weighted by molar-refractivity contribution is 6.32. The largest absolute Gasteiger partial charge is 0.508 e. The molecule has 35 nitrogen and oxygen atoms in total. The van der Waals surface area contributed by atoms with Crippen LogP contribution < -0.4 is 62.9 Å². The summed E-state index contributed by atoms with van der Waals surface area (Å²) in [4.78, 5) is 130. The lowest BCUT2D eigenvalue weighted by Crippen LogP contribution is -2.66. The average Bonchev–Trinajstić information content (AvgIpc) is 0.724. The first-order valence-corrected chi connectivity index (χ1v) is 34.2. The number of benzene rings is 5. The Balaban J connectivity index is 1.23. The van der Waals surface area contributed by atoms with E-state index in [1.165, 1.54) is 19.9 Å². The van der Waals surface area contributed by atoms with Gasteiger partial charge in [-0.1, -0.05) is 55.2 Å². The molecule has 0 aromatic heterocycles. The Kier molecular flexibility index (Phi) is 23.7. The maximum Gasteiger partial charge on any atom is 0.408 e. The number of phenols is 3. The highest BCUT2D eigenvalue weighted by atomic mass is 35.5. The number of aliphatic hydroxyl groups excluding tert-OH is 6. The SMILES string of the molecule is CC(C)C[C@H](N)C(=O)N[C@H]1C(=O)N[C@@H](CC(N)=O)C(=O)N[C@H]2C(=O)N[C@H]3C(=O)NC(C(=O)N[C@H](C(=O)O)c4cc(O)cc(O)c4-c4cc3ccc4O)[C@H](O)c3ccc(c(Cl)c3)Oc3cc2cc(c3OC2O[C@H](CO)[C@@H](O)[C@H](O)C2O[C@H]2C[C@](C)(NC(=O)OC(C)(C)C)[C@H](O)[C@H](C)O2)Oc2ccc(cc2Cl)[C@H]1O. The number of halogens is 2. The number of nitrogens with one attached hydrogen (secondary N) is 7. The zero-order valence-electron chi connectivity index (χ0n) is 58.1. The van der Waals surface area contributed by atoms with E-state index in [4.69, 9.17) is 67.8 Å². The summed E-state index contributed by atoms with van der Waals surface area (Å²) in [6, 6.07) is -1.50. The van der Waals surface area contributed by atoms with Gasteiger partial charge in [-0.3, -0.25) is 33.6 Å². The van der Waals surface area contributed by atoms with E-state index < -0.39 is 260 Å². The molecule has 8 amide bonds. The van der Waals surface area contributed by atoms with Gasteiger partial charge < -0.3 is 133 Å². The average molecular weight is 1540 g/mol. The Hall–Kier alpha value is -9.89. The van der Waals surface area contributed by atoms with Gasteiger partial charge >= 0.3 is 12.1 Å². The molecule has 2 fully saturated rings. The molecule has 7 aliphatic rings. The molecule has 37 heteroatoms. The van der Waals surface area contributed by atoms with Gasteiger partial charge in [0.1, 0.15) is 101 Å². The van der Waals surface area contributed by atoms with Crippen LogP contribution >= 0.6 is 23.2 Å². The Morgan fingerprint density at radius 3 is 1.90 bits per heavy atom. The molecule has 0 spiro atoms. The van der Waals surface area contributed by atoms with Crippen LogP contribution in [0.15, 0.2) is 78.9 Å². The number of phenolic OH excluding ortho intramolecular Hbond substituents is 3. The monoisotopic (exact) mass is 1530 g/mol. The van der Waals surface area contributed by atoms with Gasteiger partial charge in [0, 0.05) is 29.2 Å². The number of hydrogen-bond acceptors (Lipinski definition) is 26. The third-order valence-electron chi connectivity index (χ3n) is 18.2. The fourth-order valence-electron chi connectivity index (χ4n) is 12.9. The molecule has 2 saturated heterocycles. The van der Waals surface area contributed by atoms with Crippen molar-refractivity contribution in [1.29, 1.82) is 0 Å². The number of aromatic hydroxyl groups is 3. The summed E-state index contributed by atoms with van der Waals surface area (Å²) in [5.74, 6) is -16.7. The maximum absolute atomic E-state index is 16.1. The van der Waals surface area contributed by atoms with Crippen molar-refractivity contribution in [3.05, 3.63) is 117 Å². The number of nitrogens with two attached hydrogens (primary N) is 2. The molecule has 18 atom stereocenters. The molecule has 0 radical (unpaired) electrons. The number of carbonyl (C=O) groups excluding carboxylic acids is 8. The smallest absolute Gasteiger partial charge is 0.408 e. The molecule has 3 unspecified atom stereocenters. The van der Waals surface area contributed by atoms with Crippen molar-refractivity contribution in [2.24, 2.45) is 17.4 Å². The fourth-order valence-corrected chi connectivity index (χ4v) is 13.4. The summed E-state index contributed by atoms with van der Waals surface area (Å²) in [7, 11) is 0. The number of primary amides is 1. The summed E-state index contributed by atoms with van der Waals surface area (Å²) >= 11 is 14.1. The van der Waals surface area contributed by atoms with Gasteiger partial charge in [-0.2, -0.15) is 0 Å². The van der Waals surface area contributed by atoms with E-state index in [1.807, 2.05) is 0 Å². The minimum Gasteiger partial charge on any atom is -0.508 e. The molecule has 11 bridgehead atoms. The van der Waals surface area contributed by atoms with Crippen LogP contribution in [0, 0.1) is 5.92 Å². The lowest BCUT2D eigenvalue weighted by Gasteiger charge is -2.48. The second-order valence-electron chi connectivity index (χ2n) is 28.0. The third kappa shape index (κ3) is 17.6. The van der Waals surface area contributed by atoms with Crippen LogP contribution in [0.25, 0.3) is 11.1 Å². The van der Waals surface area contributed by atoms with Crippen molar-refractivity contribution in [3.8, 4) is 57.1 Å². The molecular weight excluding hydrogens is 1450 g/mol. The highest BCUT2D eigenvalue weighted by Crippen LogP contribution is 2.50. The van der Waals surface area contributed by atoms with Crippen LogP contribution in [0.5, 0.6) is 46.0 Å². The van der Waals surface area contributed by atoms with E-state index in [9.17, 15) is 79.8 Å². The number of hydrogen-bond donors (Lipinski definition) is 19. The third-order valence-corrected chi connectivity index (χ3v) is 18.8. The van der Waals surface area contributed by atoms with Crippen molar-refractivity contribution in [3.63, 3.8) is 0 Å². The Bertz CT molecular complexity index is 4320. The molecule has 21 N–H and O–H groups in total. The van der Waals surface area contributed by atoms with Gasteiger partial charge in [-0.05, 0) is 124 Å². The van der Waals surface area contributed by atoms with Gasteiger partial charge in [-0.15, -0.1) is 0 Å². The molecule has 107 heavy (non-hydrogen) atoms. The van der Waals surface area contributed by atoms with E-state index in [-0.39, 0.29) is 34.8 Å². The summed E-state index contributed by atoms with van der Waals surface area (Å²) in [6.45, 7) is 10.2. The van der Waals surface area contributed by atoms with Crippen LogP contribution in [0.2, 0.25) is 10.0 Å². The first-order chi connectivity index (χ1) is 50.2. The second kappa shape index (κ2) is 31.9. The van der Waals surface area contributed by atoms with Crippen LogP contribution in [-0.4, -0.2) is 196 Å². The van der Waals surface area contributed by atoms with Crippen molar-refractivity contribution in [2.45, 2.75) is 183 Å². The normalized spacial score (nSPS) is 28.5. The Morgan fingerprint density at radius 2 is 1.31 bits per heavy atom. The molecule has 5 aromatic carbocycles. The minimum absolute atomic E-state index is 0.0611. The number of carboxylic acid groups (broad SMARTS) is 1. The number of ether oxygens (including phenoxy) is 7. The van der Waals surface area contributed by atoms with Crippen LogP contribution in [-0.2, 0) is 57.3 Å². The van der Waals surface area contributed by atoms with Crippen molar-refractivity contribution in [1.82, 2.24) is 37.2 Å². The Morgan fingerprint density at radius 1 is 0.710 bits per heavy atom. The summed E-state index contributed by atoms with van der Waals surface area (Å²) in [5.41, 5.74) is 6.33. The molecule has 0 saturated carbocycles. The zero-order valence-corrected chi connectivity index (χ0v) is 59.7. The number of aliphatic carboxylic acids is 1. The molecule has 5 aromatic rings. The molecular formula is C70H81Cl2N9O26. The highest BCUT2D eigenvalue weighted by Gasteiger charge is 2.53. The summed E-state index contributed by atoms with van der Waals surface area (Å²) in [5, 5.41) is 131. The first kappa shape index (κ1) is 79.7. The zero-order chi connectivity index (χ0) is 78.3. The van der Waals surface area contributed by atoms with Gasteiger partial charge in [0.25, 0.3) is 0 Å². The number of carboxylic acids is 1. The number of alkyl carbamates (subject to hydrolysis) is 1. The van der Waals surface area contributed by atoms with E-state index in [1.54, 1.807) is 34.6 Å². The van der Waals surface area contributed by atoms with E-state index in [2.05, 4.69) is 37.2 Å². The second-order valence-corrected chi connectivity index (χ2v) is 28.8. The standard InChI is InChI=1S/C70H81Cl2N9O26/c1-25(2)14-36(73)60(92)79-51-53(87)28-9-12-40(34(71)16-28)102-42-18-30-19-43(57(42)106-67-58(56(90)55(89)44(24-82)104-67)105-46-23-70(7,59(91)26(3)101-46)81-68(100)107-69(4,5)6)103-41-13-10-29(17-35(41)72)54(88)52-65(97)78-50(66(98)99)33-20-31(83)21-39(85)47(33)32-15-27(8-11-38(32)84)48(62(94)80-52)77-63(95)49(30)76-61(93)37(22-45(74)86)75-64(51)96/h8-13,15-21,25-26,36-37,44,46,48-56,58-59,67,82-85,87-91H,14,22-24,73H2,1-7H3,(H2,74,86)(H,75,96)(H,76,93)(H,77,95)(H,78,97)(H,79,92)(H,80,94)(H,81,100)(H,98,99)/t26-,36-,37-,44+,46-,48+,49+,50-,51+,52?,53+,54+,55+,56-,58?,59+,67?,70-/m0/s1. The van der Waals surface area contributed by atoms with Crippen LogP contribution in [0.1, 0.15) is 126 Å². The maximum atomic E-state index is 16.1. The first-order valence-electron chi connectivity index (χ1n) is 33.5. The number of fused-ring (bicyclic) bond motifs is 15. The fraction of sp³-hybridized carbons (Fsp3) is 0.443. The molecule has 576 valence electrons. The molecule has 7 aliphatic heterocycles. The van der Waals surface area contributed by atoms with Gasteiger partial charge in [0.15, 0.2) is 29.9 Å². The van der Waals surface area contributed by atoms with Crippen molar-refractivity contribution in [2.75, 3.05) is 6.61 Å². The topological polar surface area (TPSA) is 557 Å². The number of rotatable bonds is 13. The minimum atomic E-state index is -2.39. The van der Waals surface area contributed by atoms with Gasteiger partial charge in [-0.25, -0.2) is 9.59 Å². The van der Waals surface area contributed by atoms with Gasteiger partial charge in [0.2, 0.25) is 53.4 Å². The predicted molar refractivity (Wildman–Crippen MR) is 370 cm³/mol. The molecule has 12 rings (SSSR count). The number of amides is 8. The van der Waals surface area contributed by atoms with Crippen LogP contribution in [0.4, 0.5) is 4.79 Å². The number of carbonyl (C=O) groups is 9. The molecule has 0 aliphatic carbocycles. The summed E-state index contributed by atoms with van der Waals surface area (Å²) < 4.78 is 44.2. The van der Waals surface area contributed by atoms with Gasteiger partial charge in [0.05, 0.1) is 40.8 Å². The van der Waals surface area contributed by atoms with E-state index in [0.29, 0.717) is 0 Å². The summed E-state index contributed by atoms with van der Waals surface area (Å²) in [6.07, 6.45) is -20.9. The quantitative estimate of drug-likeness (QED) is 0.0792. The lowest BCUT2D eigenvalue weighted by atomic mass is 9.85. The lowest BCUT2D eigenvalue weighted by molar-refractivity contribution is -0.334. The van der Waals surface area contributed by atoms with E-state index in [0.717, 1.165) is 72.8 Å².